The van der Waals surface area contributed by atoms with E-state index in [1.165, 1.54) is 0 Å². The molecule has 96 valence electrons. The van der Waals surface area contributed by atoms with Crippen LogP contribution < -0.4 is 10.1 Å². The van der Waals surface area contributed by atoms with E-state index in [-0.39, 0.29) is 19.3 Å². The van der Waals surface area contributed by atoms with E-state index >= 15 is 0 Å². The number of ether oxygens (including phenoxy) is 1. The summed E-state index contributed by atoms with van der Waals surface area (Å²) in [4.78, 5) is 0. The highest BCUT2D eigenvalue weighted by molar-refractivity contribution is 9.10. The maximum atomic E-state index is 9.07. The second-order valence-electron chi connectivity index (χ2n) is 3.74. The molecule has 0 heterocycles. The van der Waals surface area contributed by atoms with Gasteiger partial charge in [-0.05, 0) is 40.0 Å². The average molecular weight is 304 g/mol. The molecule has 0 aromatic heterocycles. The van der Waals surface area contributed by atoms with E-state index in [4.69, 9.17) is 14.9 Å². The van der Waals surface area contributed by atoms with Crippen LogP contribution in [0.3, 0.4) is 0 Å². The molecule has 0 radical (unpaired) electrons. The third kappa shape index (κ3) is 4.63. The van der Waals surface area contributed by atoms with Crippen LogP contribution in [0.1, 0.15) is 12.0 Å². The van der Waals surface area contributed by atoms with Crippen LogP contribution in [0.15, 0.2) is 22.7 Å². The molecule has 0 aliphatic heterocycles. The van der Waals surface area contributed by atoms with E-state index in [2.05, 4.69) is 21.2 Å². The summed E-state index contributed by atoms with van der Waals surface area (Å²) in [6.45, 7) is 0.746. The Morgan fingerprint density at radius 2 is 2.18 bits per heavy atom. The van der Waals surface area contributed by atoms with Gasteiger partial charge in [-0.1, -0.05) is 6.07 Å². The van der Waals surface area contributed by atoms with Crippen molar-refractivity contribution in [1.29, 1.82) is 0 Å². The van der Waals surface area contributed by atoms with Gasteiger partial charge in [-0.25, -0.2) is 0 Å². The number of aliphatic hydroxyl groups excluding tert-OH is 2. The van der Waals surface area contributed by atoms with E-state index in [1.54, 1.807) is 7.11 Å². The lowest BCUT2D eigenvalue weighted by Gasteiger charge is -2.15. The molecule has 0 saturated carbocycles. The Balaban J connectivity index is 2.54. The van der Waals surface area contributed by atoms with Gasteiger partial charge in [0.05, 0.1) is 18.2 Å². The van der Waals surface area contributed by atoms with Crippen molar-refractivity contribution in [3.05, 3.63) is 28.2 Å². The summed E-state index contributed by atoms with van der Waals surface area (Å²) in [5.74, 6) is 0.794. The van der Waals surface area contributed by atoms with Crippen molar-refractivity contribution in [2.24, 2.45) is 0 Å². The predicted molar refractivity (Wildman–Crippen MR) is 70.1 cm³/mol. The zero-order valence-electron chi connectivity index (χ0n) is 9.82. The van der Waals surface area contributed by atoms with Crippen molar-refractivity contribution in [3.8, 4) is 5.75 Å². The number of benzene rings is 1. The Morgan fingerprint density at radius 1 is 1.41 bits per heavy atom. The van der Waals surface area contributed by atoms with Gasteiger partial charge in [-0.2, -0.15) is 0 Å². The molecule has 4 nitrogen and oxygen atoms in total. The summed E-state index contributed by atoms with van der Waals surface area (Å²) in [7, 11) is 1.63. The summed E-state index contributed by atoms with van der Waals surface area (Å²) >= 11 is 3.42. The number of hydrogen-bond acceptors (Lipinski definition) is 4. The summed E-state index contributed by atoms with van der Waals surface area (Å²) < 4.78 is 6.05. The molecular weight excluding hydrogens is 286 g/mol. The molecule has 0 saturated heterocycles. The molecule has 0 spiro atoms. The molecule has 5 heteroatoms. The monoisotopic (exact) mass is 303 g/mol. The highest BCUT2D eigenvalue weighted by Gasteiger charge is 2.06. The van der Waals surface area contributed by atoms with Crippen molar-refractivity contribution in [3.63, 3.8) is 0 Å². The van der Waals surface area contributed by atoms with E-state index < -0.39 is 0 Å². The van der Waals surface area contributed by atoms with Crippen LogP contribution in [-0.4, -0.2) is 36.6 Å². The van der Waals surface area contributed by atoms with Gasteiger partial charge in [0.15, 0.2) is 0 Å². The predicted octanol–water partition coefficient (Wildman–Crippen LogP) is 1.29. The van der Waals surface area contributed by atoms with Crippen molar-refractivity contribution in [2.75, 3.05) is 20.3 Å². The van der Waals surface area contributed by atoms with Crippen LogP contribution >= 0.6 is 15.9 Å². The van der Waals surface area contributed by atoms with Crippen LogP contribution in [-0.2, 0) is 6.54 Å². The molecule has 0 amide bonds. The minimum Gasteiger partial charge on any atom is -0.496 e. The summed E-state index contributed by atoms with van der Waals surface area (Å²) in [6.07, 6.45) is 0.549. The van der Waals surface area contributed by atoms with Gasteiger partial charge in [0.25, 0.3) is 0 Å². The Hall–Kier alpha value is -0.620. The lowest BCUT2D eigenvalue weighted by Crippen LogP contribution is -2.32. The Labute approximate surface area is 110 Å². The lowest BCUT2D eigenvalue weighted by molar-refractivity contribution is 0.200. The Bertz CT molecular complexity index is 347. The molecule has 0 aliphatic carbocycles. The second-order valence-corrected chi connectivity index (χ2v) is 4.60. The van der Waals surface area contributed by atoms with Crippen LogP contribution in [0.2, 0.25) is 0 Å². The van der Waals surface area contributed by atoms with Gasteiger partial charge < -0.3 is 20.3 Å². The molecule has 1 atom stereocenters. The first kappa shape index (κ1) is 14.4. The van der Waals surface area contributed by atoms with Gasteiger partial charge in [-0.3, -0.25) is 0 Å². The minimum absolute atomic E-state index is 0.0257. The first-order valence-electron chi connectivity index (χ1n) is 5.48. The van der Waals surface area contributed by atoms with E-state index in [0.717, 1.165) is 15.8 Å². The highest BCUT2D eigenvalue weighted by atomic mass is 79.9. The summed E-state index contributed by atoms with van der Waals surface area (Å²) in [5, 5.41) is 21.1. The van der Waals surface area contributed by atoms with Crippen LogP contribution in [0.25, 0.3) is 0 Å². The van der Waals surface area contributed by atoms with E-state index in [1.807, 2.05) is 18.2 Å². The third-order valence-corrected chi connectivity index (χ3v) is 3.13. The minimum atomic E-state index is -0.0686. The van der Waals surface area contributed by atoms with Gasteiger partial charge >= 0.3 is 0 Å². The zero-order valence-corrected chi connectivity index (χ0v) is 11.4. The van der Waals surface area contributed by atoms with E-state index in [9.17, 15) is 0 Å². The maximum Gasteiger partial charge on any atom is 0.133 e. The lowest BCUT2D eigenvalue weighted by atomic mass is 10.2. The number of aliphatic hydroxyl groups is 2. The van der Waals surface area contributed by atoms with Crippen molar-refractivity contribution < 1.29 is 14.9 Å². The smallest absolute Gasteiger partial charge is 0.133 e. The van der Waals surface area contributed by atoms with Gasteiger partial charge in [0.2, 0.25) is 0 Å². The van der Waals surface area contributed by atoms with Crippen LogP contribution in [0.4, 0.5) is 0 Å². The molecule has 0 aliphatic rings. The first-order valence-corrected chi connectivity index (χ1v) is 6.28. The SMILES string of the molecule is COc1ccc(CNC(CO)CCO)cc1Br. The van der Waals surface area contributed by atoms with E-state index in [0.29, 0.717) is 13.0 Å². The number of halogens is 1. The topological polar surface area (TPSA) is 61.7 Å². The van der Waals surface area contributed by atoms with Crippen molar-refractivity contribution in [2.45, 2.75) is 19.0 Å². The van der Waals surface area contributed by atoms with Crippen molar-refractivity contribution in [1.82, 2.24) is 5.32 Å². The number of methoxy groups -OCH3 is 1. The largest absolute Gasteiger partial charge is 0.496 e. The fourth-order valence-electron chi connectivity index (χ4n) is 1.50. The summed E-state index contributed by atoms with van der Waals surface area (Å²) in [6, 6.07) is 5.76. The average Bonchev–Trinajstić information content (AvgIpc) is 2.34. The number of hydrogen-bond donors (Lipinski definition) is 3. The molecule has 17 heavy (non-hydrogen) atoms. The molecule has 1 aromatic rings. The Morgan fingerprint density at radius 3 is 2.71 bits per heavy atom. The molecule has 3 N–H and O–H groups in total. The molecule has 1 unspecified atom stereocenters. The molecule has 1 aromatic carbocycles. The molecule has 0 fully saturated rings. The standard InChI is InChI=1S/C12H18BrNO3/c1-17-12-3-2-9(6-11(12)13)7-14-10(8-16)4-5-15/h2-3,6,10,14-16H,4-5,7-8H2,1H3. The number of nitrogens with one attached hydrogen (secondary N) is 1. The Kier molecular flexibility index (Phi) is 6.50. The molecule has 1 rings (SSSR count). The van der Waals surface area contributed by atoms with Crippen molar-refractivity contribution >= 4 is 15.9 Å². The third-order valence-electron chi connectivity index (χ3n) is 2.51. The van der Waals surface area contributed by atoms with Gasteiger partial charge in [-0.15, -0.1) is 0 Å². The van der Waals surface area contributed by atoms with Crippen LogP contribution in [0, 0.1) is 0 Å². The fourth-order valence-corrected chi connectivity index (χ4v) is 2.08. The van der Waals surface area contributed by atoms with Crippen LogP contribution in [0.5, 0.6) is 5.75 Å². The zero-order chi connectivity index (χ0) is 12.7. The number of rotatable bonds is 7. The maximum absolute atomic E-state index is 9.07. The van der Waals surface area contributed by atoms with Gasteiger partial charge in [0, 0.05) is 19.2 Å². The fraction of sp³-hybridized carbons (Fsp3) is 0.500. The molecule has 0 bridgehead atoms. The second kappa shape index (κ2) is 7.66. The highest BCUT2D eigenvalue weighted by Crippen LogP contribution is 2.25. The summed E-state index contributed by atoms with van der Waals surface area (Å²) in [5.41, 5.74) is 1.09. The first-order chi connectivity index (χ1) is 8.21. The normalized spacial score (nSPS) is 12.5. The molecular formula is C12H18BrNO3. The van der Waals surface area contributed by atoms with Gasteiger partial charge in [0.1, 0.15) is 5.75 Å². The quantitative estimate of drug-likeness (QED) is 0.710.